The summed E-state index contributed by atoms with van der Waals surface area (Å²) in [6.45, 7) is 0. The fraction of sp³-hybridized carbons (Fsp3) is 0.0370. The molecule has 0 aliphatic heterocycles. The number of ether oxygens (including phenoxy) is 1. The summed E-state index contributed by atoms with van der Waals surface area (Å²) in [7, 11) is 1.60. The molecule has 0 aliphatic carbocycles. The van der Waals surface area contributed by atoms with Gasteiger partial charge in [-0.25, -0.2) is 9.07 Å². The lowest BCUT2D eigenvalue weighted by molar-refractivity contribution is 0.415. The molecular formula is C27H18FN5O2S. The fourth-order valence-corrected chi connectivity index (χ4v) is 4.77. The summed E-state index contributed by atoms with van der Waals surface area (Å²) in [5, 5.41) is 9.16. The van der Waals surface area contributed by atoms with Crippen molar-refractivity contribution in [2.75, 3.05) is 7.11 Å². The molecular weight excluding hydrogens is 477 g/mol. The number of benzene rings is 3. The molecule has 0 saturated carbocycles. The van der Waals surface area contributed by atoms with Crippen LogP contribution < -0.4 is 14.8 Å². The minimum atomic E-state index is -0.327. The molecule has 0 N–H and O–H groups in total. The van der Waals surface area contributed by atoms with Crippen LogP contribution in [0.3, 0.4) is 0 Å². The predicted molar refractivity (Wildman–Crippen MR) is 137 cm³/mol. The van der Waals surface area contributed by atoms with Crippen LogP contribution in [-0.2, 0) is 0 Å². The number of rotatable bonds is 5. The Hall–Kier alpha value is -4.63. The third kappa shape index (κ3) is 3.95. The van der Waals surface area contributed by atoms with Crippen molar-refractivity contribution in [1.82, 2.24) is 24.4 Å². The van der Waals surface area contributed by atoms with Crippen molar-refractivity contribution in [2.45, 2.75) is 0 Å². The zero-order valence-electron chi connectivity index (χ0n) is 19.0. The highest BCUT2D eigenvalue weighted by Crippen LogP contribution is 2.25. The molecule has 9 heteroatoms. The summed E-state index contributed by atoms with van der Waals surface area (Å²) in [6, 6.07) is 23.1. The number of hydrogen-bond donors (Lipinski definition) is 0. The van der Waals surface area contributed by atoms with Crippen molar-refractivity contribution in [3.05, 3.63) is 111 Å². The topological polar surface area (TPSA) is 74.3 Å². The highest BCUT2D eigenvalue weighted by Gasteiger charge is 2.15. The maximum Gasteiger partial charge on any atom is 0.291 e. The standard InChI is InChI=1S/C27H18FN5O2S/c1-35-22-13-9-18(10-14-22)25-29-27-33(31-25)26(34)23(36-27)15-19-16-32(21-5-3-2-4-6-21)30-24(19)17-7-11-20(28)12-8-17/h2-16H,1H3/b23-15+. The Morgan fingerprint density at radius 3 is 2.33 bits per heavy atom. The first-order chi connectivity index (χ1) is 17.6. The number of fused-ring (bicyclic) bond motifs is 1. The third-order valence-corrected chi connectivity index (χ3v) is 6.66. The molecule has 3 aromatic heterocycles. The molecule has 0 unspecified atom stereocenters. The highest BCUT2D eigenvalue weighted by atomic mass is 32.1. The lowest BCUT2D eigenvalue weighted by atomic mass is 10.1. The van der Waals surface area contributed by atoms with Gasteiger partial charge in [0.2, 0.25) is 4.96 Å². The summed E-state index contributed by atoms with van der Waals surface area (Å²) >= 11 is 1.25. The van der Waals surface area contributed by atoms with Gasteiger partial charge in [0.1, 0.15) is 17.3 Å². The molecule has 176 valence electrons. The van der Waals surface area contributed by atoms with E-state index < -0.39 is 0 Å². The molecule has 0 atom stereocenters. The van der Waals surface area contributed by atoms with E-state index in [0.29, 0.717) is 21.0 Å². The van der Waals surface area contributed by atoms with Gasteiger partial charge in [-0.3, -0.25) is 4.79 Å². The van der Waals surface area contributed by atoms with Crippen molar-refractivity contribution in [1.29, 1.82) is 0 Å². The van der Waals surface area contributed by atoms with Gasteiger partial charge in [0.15, 0.2) is 5.82 Å². The van der Waals surface area contributed by atoms with Gasteiger partial charge >= 0.3 is 0 Å². The molecule has 0 radical (unpaired) electrons. The molecule has 3 heterocycles. The number of methoxy groups -OCH3 is 1. The zero-order chi connectivity index (χ0) is 24.6. The molecule has 7 nitrogen and oxygen atoms in total. The van der Waals surface area contributed by atoms with Gasteiger partial charge in [-0.1, -0.05) is 29.5 Å². The maximum atomic E-state index is 13.6. The van der Waals surface area contributed by atoms with Gasteiger partial charge in [0, 0.05) is 22.9 Å². The van der Waals surface area contributed by atoms with Gasteiger partial charge < -0.3 is 4.74 Å². The van der Waals surface area contributed by atoms with Crippen LogP contribution in [0, 0.1) is 5.82 Å². The molecule has 36 heavy (non-hydrogen) atoms. The molecule has 0 aliphatic rings. The number of hydrogen-bond acceptors (Lipinski definition) is 6. The Bertz CT molecular complexity index is 1790. The summed E-state index contributed by atoms with van der Waals surface area (Å²) in [5.74, 6) is 0.873. The number of halogens is 1. The Balaban J connectivity index is 1.46. The molecule has 6 aromatic rings. The van der Waals surface area contributed by atoms with E-state index in [9.17, 15) is 9.18 Å². The zero-order valence-corrected chi connectivity index (χ0v) is 19.8. The monoisotopic (exact) mass is 495 g/mol. The minimum absolute atomic E-state index is 0.264. The molecule has 0 spiro atoms. The molecule has 3 aromatic carbocycles. The fourth-order valence-electron chi connectivity index (χ4n) is 3.88. The van der Waals surface area contributed by atoms with Crippen LogP contribution in [0.25, 0.3) is 39.4 Å². The van der Waals surface area contributed by atoms with E-state index >= 15 is 0 Å². The first-order valence-electron chi connectivity index (χ1n) is 11.1. The van der Waals surface area contributed by atoms with E-state index in [-0.39, 0.29) is 11.4 Å². The number of nitrogens with zero attached hydrogens (tertiary/aromatic N) is 5. The van der Waals surface area contributed by atoms with E-state index in [1.807, 2.05) is 60.8 Å². The van der Waals surface area contributed by atoms with E-state index in [4.69, 9.17) is 9.84 Å². The van der Waals surface area contributed by atoms with Crippen LogP contribution in [0.15, 0.2) is 89.9 Å². The molecule has 0 fully saturated rings. The van der Waals surface area contributed by atoms with Gasteiger partial charge in [-0.2, -0.15) is 14.6 Å². The van der Waals surface area contributed by atoms with Crippen LogP contribution in [0.2, 0.25) is 0 Å². The SMILES string of the molecule is COc1ccc(-c2nc3s/c(=C/c4cn(-c5ccccc5)nc4-c4ccc(F)cc4)c(=O)n3n2)cc1. The summed E-state index contributed by atoms with van der Waals surface area (Å²) < 4.78 is 22.3. The predicted octanol–water partition coefficient (Wildman–Crippen LogP) is 4.37. The second-order valence-electron chi connectivity index (χ2n) is 7.99. The normalized spacial score (nSPS) is 11.9. The largest absolute Gasteiger partial charge is 0.497 e. The van der Waals surface area contributed by atoms with E-state index in [0.717, 1.165) is 28.1 Å². The van der Waals surface area contributed by atoms with Crippen LogP contribution in [-0.4, -0.2) is 31.5 Å². The maximum absolute atomic E-state index is 13.6. The average molecular weight is 496 g/mol. The Labute approximate surface area is 208 Å². The average Bonchev–Trinajstić information content (AvgIpc) is 3.60. The third-order valence-electron chi connectivity index (χ3n) is 5.70. The smallest absolute Gasteiger partial charge is 0.291 e. The lowest BCUT2D eigenvalue weighted by Crippen LogP contribution is -2.23. The molecule has 6 rings (SSSR count). The second kappa shape index (κ2) is 8.86. The van der Waals surface area contributed by atoms with Crippen molar-refractivity contribution >= 4 is 22.4 Å². The lowest BCUT2D eigenvalue weighted by Gasteiger charge is -2.00. The first kappa shape index (κ1) is 21.9. The van der Waals surface area contributed by atoms with Gasteiger partial charge in [0.25, 0.3) is 5.56 Å². The van der Waals surface area contributed by atoms with Crippen LogP contribution in [0.1, 0.15) is 5.56 Å². The van der Waals surface area contributed by atoms with E-state index in [1.165, 1.54) is 28.0 Å². The summed E-state index contributed by atoms with van der Waals surface area (Å²) in [4.78, 5) is 18.2. The summed E-state index contributed by atoms with van der Waals surface area (Å²) in [6.07, 6.45) is 3.63. The van der Waals surface area contributed by atoms with Crippen LogP contribution in [0.5, 0.6) is 5.75 Å². The Kier molecular flexibility index (Phi) is 5.38. The summed E-state index contributed by atoms with van der Waals surface area (Å²) in [5.41, 5.74) is 3.50. The molecule has 0 saturated heterocycles. The van der Waals surface area contributed by atoms with Gasteiger partial charge in [-0.05, 0) is 66.7 Å². The number of para-hydroxylation sites is 1. The quantitative estimate of drug-likeness (QED) is 0.355. The second-order valence-corrected chi connectivity index (χ2v) is 9.00. The van der Waals surface area contributed by atoms with Crippen molar-refractivity contribution in [3.63, 3.8) is 0 Å². The van der Waals surface area contributed by atoms with Gasteiger partial charge in [-0.15, -0.1) is 5.10 Å². The molecule has 0 bridgehead atoms. The van der Waals surface area contributed by atoms with Crippen molar-refractivity contribution in [3.8, 4) is 34.1 Å². The number of aromatic nitrogens is 5. The highest BCUT2D eigenvalue weighted by molar-refractivity contribution is 7.15. The van der Waals surface area contributed by atoms with Crippen molar-refractivity contribution in [2.24, 2.45) is 0 Å². The van der Waals surface area contributed by atoms with Crippen molar-refractivity contribution < 1.29 is 9.13 Å². The molecule has 0 amide bonds. The van der Waals surface area contributed by atoms with Crippen LogP contribution >= 0.6 is 11.3 Å². The van der Waals surface area contributed by atoms with Gasteiger partial charge in [0.05, 0.1) is 17.3 Å². The van der Waals surface area contributed by atoms with E-state index in [1.54, 1.807) is 30.0 Å². The Morgan fingerprint density at radius 1 is 0.917 bits per heavy atom. The van der Waals surface area contributed by atoms with E-state index in [2.05, 4.69) is 10.1 Å². The van der Waals surface area contributed by atoms with Crippen LogP contribution in [0.4, 0.5) is 4.39 Å². The first-order valence-corrected chi connectivity index (χ1v) is 11.9. The minimum Gasteiger partial charge on any atom is -0.497 e. The number of thiazole rings is 1. The Morgan fingerprint density at radius 2 is 1.64 bits per heavy atom.